The Labute approximate surface area is 76.1 Å². The molecule has 0 radical (unpaired) electrons. The highest BCUT2D eigenvalue weighted by Crippen LogP contribution is 2.31. The number of nitrogens with zero attached hydrogens (tertiary/aromatic N) is 1. The van der Waals surface area contributed by atoms with Gasteiger partial charge in [-0.05, 0) is 6.42 Å². The van der Waals surface area contributed by atoms with E-state index in [-0.39, 0.29) is 0 Å². The van der Waals surface area contributed by atoms with Gasteiger partial charge in [0.1, 0.15) is 0 Å². The fraction of sp³-hybridized carbons (Fsp3) is 0.875. The molecule has 2 aliphatic heterocycles. The van der Waals surface area contributed by atoms with Gasteiger partial charge in [-0.1, -0.05) is 0 Å². The molecule has 2 heterocycles. The predicted octanol–water partition coefficient (Wildman–Crippen LogP) is 0.651. The third kappa shape index (κ3) is 1.45. The molecule has 0 aromatic rings. The summed E-state index contributed by atoms with van der Waals surface area (Å²) in [5.74, 6) is 1.75. The Morgan fingerprint density at radius 3 is 2.67 bits per heavy atom. The van der Waals surface area contributed by atoms with E-state index in [4.69, 9.17) is 5.11 Å². The Hall–Kier alpha value is -0.220. The van der Waals surface area contributed by atoms with Crippen LogP contribution in [0.3, 0.4) is 0 Å². The molecule has 0 saturated carbocycles. The second-order valence-corrected chi connectivity index (χ2v) is 4.54. The lowest BCUT2D eigenvalue weighted by molar-refractivity contribution is -0.140. The molecule has 2 saturated heterocycles. The summed E-state index contributed by atoms with van der Waals surface area (Å²) in [5, 5.41) is 8.61. The second kappa shape index (κ2) is 3.26. The van der Waals surface area contributed by atoms with Gasteiger partial charge in [-0.25, -0.2) is 0 Å². The molecule has 2 aliphatic rings. The number of likely N-dealkylation sites (tertiary alicyclic amines) is 1. The van der Waals surface area contributed by atoms with Gasteiger partial charge in [-0.2, -0.15) is 11.8 Å². The third-order valence-corrected chi connectivity index (χ3v) is 3.93. The molecule has 2 fully saturated rings. The zero-order valence-electron chi connectivity index (χ0n) is 6.90. The number of hydrogen-bond donors (Lipinski definition) is 1. The van der Waals surface area contributed by atoms with E-state index in [1.165, 1.54) is 11.5 Å². The first-order valence-electron chi connectivity index (χ1n) is 4.32. The molecule has 3 nitrogen and oxygen atoms in total. The first kappa shape index (κ1) is 8.38. The summed E-state index contributed by atoms with van der Waals surface area (Å²) in [4.78, 5) is 12.8. The molecule has 0 aliphatic carbocycles. The number of carboxylic acids is 1. The SMILES string of the molecule is O=C(O)CC1CCN1C1CSC1. The van der Waals surface area contributed by atoms with Gasteiger partial charge in [0.25, 0.3) is 0 Å². The van der Waals surface area contributed by atoms with Crippen molar-refractivity contribution in [1.29, 1.82) is 0 Å². The molecule has 0 bridgehead atoms. The van der Waals surface area contributed by atoms with Crippen molar-refractivity contribution in [1.82, 2.24) is 4.90 Å². The maximum Gasteiger partial charge on any atom is 0.304 e. The summed E-state index contributed by atoms with van der Waals surface area (Å²) in [6, 6.07) is 1.03. The third-order valence-electron chi connectivity index (χ3n) is 2.69. The summed E-state index contributed by atoms with van der Waals surface area (Å²) in [5.41, 5.74) is 0. The Morgan fingerprint density at radius 2 is 2.33 bits per heavy atom. The van der Waals surface area contributed by atoms with E-state index in [2.05, 4.69) is 4.90 Å². The Morgan fingerprint density at radius 1 is 1.58 bits per heavy atom. The van der Waals surface area contributed by atoms with Gasteiger partial charge in [0, 0.05) is 30.1 Å². The largest absolute Gasteiger partial charge is 0.481 e. The van der Waals surface area contributed by atoms with Crippen molar-refractivity contribution in [2.45, 2.75) is 24.9 Å². The van der Waals surface area contributed by atoms with Crippen LogP contribution in [0.15, 0.2) is 0 Å². The molecule has 4 heteroatoms. The van der Waals surface area contributed by atoms with Crippen molar-refractivity contribution >= 4 is 17.7 Å². The van der Waals surface area contributed by atoms with Crippen molar-refractivity contribution in [3.05, 3.63) is 0 Å². The van der Waals surface area contributed by atoms with Crippen LogP contribution in [-0.4, -0.2) is 46.1 Å². The van der Waals surface area contributed by atoms with Crippen LogP contribution in [0.4, 0.5) is 0 Å². The number of rotatable bonds is 3. The minimum absolute atomic E-state index is 0.334. The van der Waals surface area contributed by atoms with Crippen molar-refractivity contribution in [3.63, 3.8) is 0 Å². The molecule has 12 heavy (non-hydrogen) atoms. The average molecular weight is 187 g/mol. The van der Waals surface area contributed by atoms with Gasteiger partial charge in [0.2, 0.25) is 0 Å². The van der Waals surface area contributed by atoms with Crippen molar-refractivity contribution in [3.8, 4) is 0 Å². The van der Waals surface area contributed by atoms with E-state index < -0.39 is 5.97 Å². The van der Waals surface area contributed by atoms with Crippen LogP contribution >= 0.6 is 11.8 Å². The van der Waals surface area contributed by atoms with E-state index in [0.717, 1.165) is 13.0 Å². The quantitative estimate of drug-likeness (QED) is 0.704. The van der Waals surface area contributed by atoms with Crippen molar-refractivity contribution in [2.75, 3.05) is 18.1 Å². The van der Waals surface area contributed by atoms with Gasteiger partial charge < -0.3 is 5.11 Å². The molecule has 1 unspecified atom stereocenters. The lowest BCUT2D eigenvalue weighted by atomic mass is 9.97. The molecule has 1 atom stereocenters. The van der Waals surface area contributed by atoms with Gasteiger partial charge >= 0.3 is 5.97 Å². The molecule has 0 amide bonds. The lowest BCUT2D eigenvalue weighted by Crippen LogP contribution is -2.58. The van der Waals surface area contributed by atoms with Crippen LogP contribution in [0.2, 0.25) is 0 Å². The monoisotopic (exact) mass is 187 g/mol. The Balaban J connectivity index is 1.80. The highest BCUT2D eigenvalue weighted by molar-refractivity contribution is 8.00. The topological polar surface area (TPSA) is 40.5 Å². The molecule has 2 rings (SSSR count). The lowest BCUT2D eigenvalue weighted by Gasteiger charge is -2.48. The van der Waals surface area contributed by atoms with Crippen LogP contribution in [0.5, 0.6) is 0 Å². The number of thioether (sulfide) groups is 1. The van der Waals surface area contributed by atoms with Crippen LogP contribution in [-0.2, 0) is 4.79 Å². The first-order chi connectivity index (χ1) is 5.77. The second-order valence-electron chi connectivity index (χ2n) is 3.47. The number of aliphatic carboxylic acids is 1. The van der Waals surface area contributed by atoms with E-state index in [0.29, 0.717) is 18.5 Å². The Kier molecular flexibility index (Phi) is 2.28. The minimum atomic E-state index is -0.656. The van der Waals surface area contributed by atoms with Crippen LogP contribution < -0.4 is 0 Å². The fourth-order valence-corrected chi connectivity index (χ4v) is 2.61. The predicted molar refractivity (Wildman–Crippen MR) is 48.5 cm³/mol. The van der Waals surface area contributed by atoms with Crippen LogP contribution in [0.25, 0.3) is 0 Å². The van der Waals surface area contributed by atoms with Gasteiger partial charge in [-0.3, -0.25) is 9.69 Å². The molecular formula is C8H13NO2S. The number of hydrogen-bond acceptors (Lipinski definition) is 3. The van der Waals surface area contributed by atoms with Gasteiger partial charge in [0.15, 0.2) is 0 Å². The normalized spacial score (nSPS) is 30.8. The van der Waals surface area contributed by atoms with Gasteiger partial charge in [-0.15, -0.1) is 0 Å². The zero-order chi connectivity index (χ0) is 8.55. The highest BCUT2D eigenvalue weighted by Gasteiger charge is 2.37. The van der Waals surface area contributed by atoms with E-state index >= 15 is 0 Å². The van der Waals surface area contributed by atoms with E-state index in [9.17, 15) is 4.79 Å². The van der Waals surface area contributed by atoms with Crippen LogP contribution in [0, 0.1) is 0 Å². The summed E-state index contributed by atoms with van der Waals surface area (Å²) in [6.07, 6.45) is 1.41. The van der Waals surface area contributed by atoms with Crippen molar-refractivity contribution < 1.29 is 9.90 Å². The van der Waals surface area contributed by atoms with Gasteiger partial charge in [0.05, 0.1) is 6.42 Å². The maximum absolute atomic E-state index is 10.4. The van der Waals surface area contributed by atoms with Crippen molar-refractivity contribution in [2.24, 2.45) is 0 Å². The summed E-state index contributed by atoms with van der Waals surface area (Å²) in [7, 11) is 0. The minimum Gasteiger partial charge on any atom is -0.481 e. The standard InChI is InChI=1S/C8H13NO2S/c10-8(11)3-6-1-2-9(6)7-4-12-5-7/h6-7H,1-5H2,(H,10,11). The van der Waals surface area contributed by atoms with E-state index in [1.807, 2.05) is 11.8 Å². The fourth-order valence-electron chi connectivity index (χ4n) is 1.78. The van der Waals surface area contributed by atoms with Crippen LogP contribution in [0.1, 0.15) is 12.8 Å². The summed E-state index contributed by atoms with van der Waals surface area (Å²) >= 11 is 1.95. The molecule has 0 aromatic carbocycles. The number of carbonyl (C=O) groups is 1. The van der Waals surface area contributed by atoms with E-state index in [1.54, 1.807) is 0 Å². The molecular weight excluding hydrogens is 174 g/mol. The summed E-state index contributed by atoms with van der Waals surface area (Å²) < 4.78 is 0. The molecule has 0 aromatic heterocycles. The average Bonchev–Trinajstić information content (AvgIpc) is 1.89. The molecule has 0 spiro atoms. The smallest absolute Gasteiger partial charge is 0.304 e. The highest BCUT2D eigenvalue weighted by atomic mass is 32.2. The maximum atomic E-state index is 10.4. The zero-order valence-corrected chi connectivity index (χ0v) is 7.72. The Bertz CT molecular complexity index is 193. The number of carboxylic acid groups (broad SMARTS) is 1. The summed E-state index contributed by atoms with van der Waals surface area (Å²) in [6.45, 7) is 1.11. The molecule has 68 valence electrons. The molecule has 1 N–H and O–H groups in total. The first-order valence-corrected chi connectivity index (χ1v) is 5.48.